The monoisotopic (exact) mass is 552 g/mol. The smallest absolute Gasteiger partial charge is 0.246 e. The standard InChI is InChI=1S/C15H17N7O.C14H15N3O/c1-3-12(23)21-6-9-4-10(7-21)22(9)15-17-5-11-13(20-15)14(16-2)19-8-18-11;1-10-5-3-4-6-14(10)18-11-7-8-12(16-2)13(9-11)17-15/h3,5,8-10H,1,4,6-7H2,2H3,(H,16,18,19);3-9,15-16H,1-2H3. The Kier molecular flexibility index (Phi) is 7.99. The van der Waals surface area contributed by atoms with Crippen molar-refractivity contribution in [2.24, 2.45) is 5.11 Å². The third-order valence-electron chi connectivity index (χ3n) is 7.19. The highest BCUT2D eigenvalue weighted by atomic mass is 16.5. The van der Waals surface area contributed by atoms with E-state index in [0.29, 0.717) is 47.3 Å². The maximum atomic E-state index is 11.8. The van der Waals surface area contributed by atoms with Crippen LogP contribution in [0.4, 0.5) is 23.1 Å². The first-order valence-corrected chi connectivity index (χ1v) is 13.2. The highest BCUT2D eigenvalue weighted by molar-refractivity contribution is 5.88. The van der Waals surface area contributed by atoms with Crippen molar-refractivity contribution in [3.05, 3.63) is 73.2 Å². The highest BCUT2D eigenvalue weighted by Gasteiger charge is 2.46. The molecule has 0 saturated carbocycles. The lowest BCUT2D eigenvalue weighted by molar-refractivity contribution is -0.129. The Labute approximate surface area is 238 Å². The van der Waals surface area contributed by atoms with Crippen LogP contribution in [-0.4, -0.2) is 70.0 Å². The van der Waals surface area contributed by atoms with Gasteiger partial charge in [0.15, 0.2) is 5.82 Å². The Hall–Kier alpha value is -5.13. The zero-order valence-electron chi connectivity index (χ0n) is 23.2. The van der Waals surface area contributed by atoms with Gasteiger partial charge in [-0.2, -0.15) is 5.11 Å². The fourth-order valence-corrected chi connectivity index (χ4v) is 5.07. The molecule has 3 fully saturated rings. The van der Waals surface area contributed by atoms with Gasteiger partial charge in [0, 0.05) is 33.3 Å². The molecule has 1 amide bonds. The second-order valence-corrected chi connectivity index (χ2v) is 9.68. The van der Waals surface area contributed by atoms with E-state index in [1.807, 2.05) is 48.2 Å². The van der Waals surface area contributed by atoms with E-state index < -0.39 is 0 Å². The van der Waals surface area contributed by atoms with Gasteiger partial charge >= 0.3 is 0 Å². The van der Waals surface area contributed by atoms with Gasteiger partial charge in [-0.3, -0.25) is 4.79 Å². The third kappa shape index (κ3) is 5.62. The molecule has 5 heterocycles. The fraction of sp³-hybridized carbons (Fsp3) is 0.276. The molecular weight excluding hydrogens is 520 g/mol. The van der Waals surface area contributed by atoms with E-state index in [2.05, 4.69) is 47.2 Å². The van der Waals surface area contributed by atoms with Gasteiger partial charge in [-0.05, 0) is 43.2 Å². The summed E-state index contributed by atoms with van der Waals surface area (Å²) in [6.07, 6.45) is 5.65. The second-order valence-electron chi connectivity index (χ2n) is 9.68. The van der Waals surface area contributed by atoms with Crippen molar-refractivity contribution in [2.45, 2.75) is 25.4 Å². The van der Waals surface area contributed by atoms with Crippen molar-refractivity contribution in [3.63, 3.8) is 0 Å². The summed E-state index contributed by atoms with van der Waals surface area (Å²) in [5.74, 6) is 2.84. The van der Waals surface area contributed by atoms with Crippen LogP contribution in [0, 0.1) is 12.5 Å². The number of aryl methyl sites for hydroxylation is 1. The first-order valence-electron chi connectivity index (χ1n) is 13.2. The van der Waals surface area contributed by atoms with Crippen LogP contribution in [0.2, 0.25) is 0 Å². The average molecular weight is 553 g/mol. The van der Waals surface area contributed by atoms with Crippen LogP contribution >= 0.6 is 0 Å². The number of piperidine rings is 1. The van der Waals surface area contributed by atoms with E-state index in [1.165, 1.54) is 12.4 Å². The normalized spacial score (nSPS) is 17.0. The molecule has 12 heteroatoms. The van der Waals surface area contributed by atoms with Crippen LogP contribution in [0.3, 0.4) is 0 Å². The van der Waals surface area contributed by atoms with Crippen LogP contribution in [-0.2, 0) is 4.79 Å². The minimum Gasteiger partial charge on any atom is -0.457 e. The molecule has 2 atom stereocenters. The summed E-state index contributed by atoms with van der Waals surface area (Å²) >= 11 is 0. The van der Waals surface area contributed by atoms with Crippen LogP contribution in [0.5, 0.6) is 11.5 Å². The number of benzene rings is 2. The molecule has 0 aliphatic carbocycles. The molecule has 41 heavy (non-hydrogen) atoms. The predicted molar refractivity (Wildman–Crippen MR) is 158 cm³/mol. The van der Waals surface area contributed by atoms with Crippen LogP contribution in [0.1, 0.15) is 12.0 Å². The quantitative estimate of drug-likeness (QED) is 0.215. The first-order chi connectivity index (χ1) is 19.9. The largest absolute Gasteiger partial charge is 0.457 e. The highest BCUT2D eigenvalue weighted by Crippen LogP contribution is 2.36. The third-order valence-corrected chi connectivity index (χ3v) is 7.19. The van der Waals surface area contributed by atoms with Gasteiger partial charge in [0.2, 0.25) is 11.9 Å². The molecule has 210 valence electrons. The molecule has 4 aromatic rings. The Balaban J connectivity index is 0.000000170. The Morgan fingerprint density at radius 3 is 2.59 bits per heavy atom. The zero-order valence-corrected chi connectivity index (χ0v) is 23.2. The van der Waals surface area contributed by atoms with Gasteiger partial charge < -0.3 is 25.2 Å². The van der Waals surface area contributed by atoms with Crippen LogP contribution < -0.4 is 20.3 Å². The fourth-order valence-electron chi connectivity index (χ4n) is 5.07. The lowest BCUT2D eigenvalue weighted by Crippen LogP contribution is -2.70. The average Bonchev–Trinajstić information content (AvgIpc) is 3.01. The molecule has 2 bridgehead atoms. The summed E-state index contributed by atoms with van der Waals surface area (Å²) < 4.78 is 5.78. The summed E-state index contributed by atoms with van der Waals surface area (Å²) in [5, 5.41) is 9.48. The molecule has 2 aromatic carbocycles. The first kappa shape index (κ1) is 27.4. The zero-order chi connectivity index (χ0) is 28.9. The van der Waals surface area contributed by atoms with E-state index in [0.717, 1.165) is 23.4 Å². The summed E-state index contributed by atoms with van der Waals surface area (Å²) in [7, 11) is 3.60. The minimum atomic E-state index is -0.00958. The van der Waals surface area contributed by atoms with Gasteiger partial charge in [-0.1, -0.05) is 24.8 Å². The van der Waals surface area contributed by atoms with Crippen molar-refractivity contribution in [2.75, 3.05) is 42.7 Å². The lowest BCUT2D eigenvalue weighted by atomic mass is 9.88. The van der Waals surface area contributed by atoms with Crippen molar-refractivity contribution in [3.8, 4) is 11.5 Å². The lowest BCUT2D eigenvalue weighted by Gasteiger charge is -2.56. The number of hydrogen-bond acceptors (Lipinski definition) is 11. The number of ether oxygens (including phenoxy) is 1. The maximum Gasteiger partial charge on any atom is 0.246 e. The maximum absolute atomic E-state index is 11.8. The molecule has 12 nitrogen and oxygen atoms in total. The number of carbonyl (C=O) groups is 1. The molecule has 2 aromatic heterocycles. The molecule has 0 radical (unpaired) electrons. The van der Waals surface area contributed by atoms with E-state index >= 15 is 0 Å². The Bertz CT molecular complexity index is 1580. The molecule has 2 unspecified atom stereocenters. The number of piperazine rings is 1. The van der Waals surface area contributed by atoms with Gasteiger partial charge in [0.25, 0.3) is 0 Å². The van der Waals surface area contributed by atoms with E-state index in [4.69, 9.17) is 10.3 Å². The van der Waals surface area contributed by atoms with Gasteiger partial charge in [0.05, 0.1) is 24.0 Å². The number of amides is 1. The van der Waals surface area contributed by atoms with E-state index in [-0.39, 0.29) is 18.0 Å². The second kappa shape index (κ2) is 11.9. The number of nitrogens with zero attached hydrogens (tertiary/aromatic N) is 7. The van der Waals surface area contributed by atoms with Crippen LogP contribution in [0.25, 0.3) is 11.0 Å². The molecule has 3 N–H and O–H groups in total. The summed E-state index contributed by atoms with van der Waals surface area (Å²) in [5.41, 5.74) is 11.0. The molecule has 7 rings (SSSR count). The van der Waals surface area contributed by atoms with Gasteiger partial charge in [-0.15, -0.1) is 0 Å². The van der Waals surface area contributed by atoms with Crippen molar-refractivity contribution < 1.29 is 9.53 Å². The molecule has 0 spiro atoms. The van der Waals surface area contributed by atoms with Crippen LogP contribution in [0.15, 0.2) is 72.8 Å². The Morgan fingerprint density at radius 2 is 1.90 bits per heavy atom. The number of carbonyl (C=O) groups excluding carboxylic acids is 1. The molecule has 3 aliphatic heterocycles. The predicted octanol–water partition coefficient (Wildman–Crippen LogP) is 4.93. The number of anilines is 3. The number of aromatic nitrogens is 4. The summed E-state index contributed by atoms with van der Waals surface area (Å²) in [6, 6.07) is 13.8. The number of nitrogens with one attached hydrogen (secondary N) is 3. The van der Waals surface area contributed by atoms with Gasteiger partial charge in [0.1, 0.15) is 34.5 Å². The summed E-state index contributed by atoms with van der Waals surface area (Å²) in [4.78, 5) is 33.3. The topological polar surface area (TPSA) is 145 Å². The van der Waals surface area contributed by atoms with Crippen molar-refractivity contribution in [1.29, 1.82) is 5.53 Å². The minimum absolute atomic E-state index is 0.00958. The number of fused-ring (bicyclic) bond motifs is 3. The van der Waals surface area contributed by atoms with E-state index in [1.54, 1.807) is 26.4 Å². The molecule has 3 saturated heterocycles. The van der Waals surface area contributed by atoms with Crippen molar-refractivity contribution >= 4 is 40.1 Å². The number of hydrogen-bond donors (Lipinski definition) is 3. The molecular formula is C29H32N10O2. The number of rotatable bonds is 7. The van der Waals surface area contributed by atoms with Gasteiger partial charge in [-0.25, -0.2) is 25.5 Å². The number of para-hydroxylation sites is 1. The molecule has 3 aliphatic rings. The Morgan fingerprint density at radius 1 is 1.12 bits per heavy atom. The summed E-state index contributed by atoms with van der Waals surface area (Å²) in [6.45, 7) is 6.92. The SMILES string of the molecule is C=CC(=O)N1CC2CC(C1)N2c1ncc2ncnc(NC)c2n1.CNc1ccc(Oc2ccccc2C)cc1N=N. The van der Waals surface area contributed by atoms with E-state index in [9.17, 15) is 4.79 Å². The van der Waals surface area contributed by atoms with Crippen molar-refractivity contribution in [1.82, 2.24) is 24.8 Å².